The van der Waals surface area contributed by atoms with E-state index in [1.807, 2.05) is 11.3 Å². The average molecular weight is 564 g/mol. The van der Waals surface area contributed by atoms with Gasteiger partial charge < -0.3 is 14.1 Å². The van der Waals surface area contributed by atoms with E-state index in [-0.39, 0.29) is 6.85 Å². The largest absolute Gasteiger partial charge is 0.453 e. The molecule has 3 aliphatic heterocycles. The predicted octanol–water partition coefficient (Wildman–Crippen LogP) is 9.20. The third-order valence-corrected chi connectivity index (χ3v) is 10.7. The summed E-state index contributed by atoms with van der Waals surface area (Å²) in [5.41, 5.74) is 13.8. The van der Waals surface area contributed by atoms with Gasteiger partial charge in [-0.3, -0.25) is 0 Å². The molecule has 0 spiro atoms. The van der Waals surface area contributed by atoms with Crippen molar-refractivity contribution < 1.29 is 4.74 Å². The molecule has 3 aliphatic rings. The zero-order chi connectivity index (χ0) is 27.8. The topological polar surface area (TPSA) is 17.4 Å². The second-order valence-electron chi connectivity index (χ2n) is 11.7. The third kappa shape index (κ3) is 2.68. The lowest BCUT2D eigenvalue weighted by molar-refractivity contribution is 0.477. The molecule has 5 heterocycles. The molecule has 198 valence electrons. The van der Waals surface area contributed by atoms with Gasteiger partial charge in [-0.15, -0.1) is 11.3 Å². The number of thiophene rings is 1. The van der Waals surface area contributed by atoms with Gasteiger partial charge in [0.2, 0.25) is 0 Å². The van der Waals surface area contributed by atoms with Crippen molar-refractivity contribution in [2.75, 3.05) is 4.90 Å². The highest BCUT2D eigenvalue weighted by atomic mass is 32.1. The number of fused-ring (bicyclic) bond motifs is 11. The first-order valence-corrected chi connectivity index (χ1v) is 15.5. The standard InChI is InChI=1S/C38H21BN2OS/c1-2-10-22(11-3-1)23-20-27-24-13-8-14-26-35(24)41(36-25-12-4-7-19-33(25)43-38(26)36)39-28-15-9-18-32-37(28)40(30(21-23)34(27)39)29-16-5-6-17-31(29)42-32/h1-21H. The van der Waals surface area contributed by atoms with Gasteiger partial charge in [0.25, 0.3) is 0 Å². The first kappa shape index (κ1) is 22.4. The molecule has 0 N–H and O–H groups in total. The van der Waals surface area contributed by atoms with Crippen molar-refractivity contribution in [1.82, 2.24) is 4.48 Å². The Hall–Kier alpha value is -5.26. The summed E-state index contributed by atoms with van der Waals surface area (Å²) in [6.45, 7) is 0.0165. The molecule has 6 aromatic carbocycles. The average Bonchev–Trinajstić information content (AvgIpc) is 3.60. The quantitative estimate of drug-likeness (QED) is 0.185. The second kappa shape index (κ2) is 7.77. The monoisotopic (exact) mass is 564 g/mol. The smallest absolute Gasteiger partial charge is 0.333 e. The Balaban J connectivity index is 1.36. The minimum atomic E-state index is 0.0165. The number of para-hydroxylation sites is 4. The Bertz CT molecular complexity index is 2510. The Morgan fingerprint density at radius 2 is 1.37 bits per heavy atom. The SMILES string of the molecule is c1ccc(-c2cc3c4c(c2)N2c5ccccc5Oc5cccc(c52)B4n2c4c-3cccc4c3sc4ccccc4c32)cc1. The van der Waals surface area contributed by atoms with Crippen LogP contribution >= 0.6 is 11.3 Å². The van der Waals surface area contributed by atoms with E-state index in [0.29, 0.717) is 0 Å². The number of nitrogens with zero attached hydrogens (tertiary/aromatic N) is 2. The van der Waals surface area contributed by atoms with Crippen LogP contribution in [0.25, 0.3) is 53.5 Å². The third-order valence-electron chi connectivity index (χ3n) is 9.53. The zero-order valence-corrected chi connectivity index (χ0v) is 23.7. The summed E-state index contributed by atoms with van der Waals surface area (Å²) in [6, 6.07) is 46.4. The van der Waals surface area contributed by atoms with Gasteiger partial charge in [-0.1, -0.05) is 91.0 Å². The molecular formula is C38H21BN2OS. The highest BCUT2D eigenvalue weighted by Gasteiger charge is 2.46. The highest BCUT2D eigenvalue weighted by Crippen LogP contribution is 2.54. The summed E-state index contributed by atoms with van der Waals surface area (Å²) in [4.78, 5) is 2.46. The summed E-state index contributed by atoms with van der Waals surface area (Å²) in [7, 11) is 0. The van der Waals surface area contributed by atoms with Crippen molar-refractivity contribution in [2.24, 2.45) is 0 Å². The molecule has 0 fully saturated rings. The fraction of sp³-hybridized carbons (Fsp3) is 0. The molecule has 0 radical (unpaired) electrons. The summed E-state index contributed by atoms with van der Waals surface area (Å²) in [6.07, 6.45) is 0. The van der Waals surface area contributed by atoms with Crippen molar-refractivity contribution in [2.45, 2.75) is 0 Å². The van der Waals surface area contributed by atoms with Crippen LogP contribution in [0.5, 0.6) is 11.5 Å². The molecule has 0 aliphatic carbocycles. The number of hydrogen-bond acceptors (Lipinski definition) is 3. The van der Waals surface area contributed by atoms with Crippen LogP contribution in [-0.4, -0.2) is 11.3 Å². The maximum Gasteiger partial charge on any atom is 0.333 e. The molecule has 0 saturated carbocycles. The van der Waals surface area contributed by atoms with Gasteiger partial charge in [0.15, 0.2) is 11.5 Å². The minimum absolute atomic E-state index is 0.0165. The molecule has 11 rings (SSSR count). The second-order valence-corrected chi connectivity index (χ2v) is 12.7. The van der Waals surface area contributed by atoms with E-state index < -0.39 is 0 Å². The number of benzene rings is 6. The maximum absolute atomic E-state index is 6.61. The Labute approximate surface area is 251 Å². The summed E-state index contributed by atoms with van der Waals surface area (Å²) in [5, 5.41) is 2.66. The van der Waals surface area contributed by atoms with Gasteiger partial charge in [-0.2, -0.15) is 0 Å². The summed E-state index contributed by atoms with van der Waals surface area (Å²) >= 11 is 1.91. The Morgan fingerprint density at radius 3 is 2.33 bits per heavy atom. The fourth-order valence-corrected chi connectivity index (χ4v) is 9.10. The lowest BCUT2D eigenvalue weighted by atomic mass is 9.45. The van der Waals surface area contributed by atoms with Gasteiger partial charge in [-0.25, -0.2) is 0 Å². The van der Waals surface area contributed by atoms with Crippen molar-refractivity contribution in [3.63, 3.8) is 0 Å². The van der Waals surface area contributed by atoms with Crippen molar-refractivity contribution in [3.8, 4) is 33.8 Å². The molecular weight excluding hydrogens is 543 g/mol. The van der Waals surface area contributed by atoms with E-state index in [1.165, 1.54) is 70.1 Å². The summed E-state index contributed by atoms with van der Waals surface area (Å²) < 4.78 is 12.0. The molecule has 43 heavy (non-hydrogen) atoms. The van der Waals surface area contributed by atoms with E-state index in [9.17, 15) is 0 Å². The van der Waals surface area contributed by atoms with Crippen molar-refractivity contribution in [3.05, 3.63) is 127 Å². The van der Waals surface area contributed by atoms with E-state index in [1.54, 1.807) is 0 Å². The van der Waals surface area contributed by atoms with E-state index in [0.717, 1.165) is 22.9 Å². The van der Waals surface area contributed by atoms with Gasteiger partial charge in [0.05, 0.1) is 21.6 Å². The van der Waals surface area contributed by atoms with Crippen LogP contribution in [0.3, 0.4) is 0 Å². The lowest BCUT2D eigenvalue weighted by Crippen LogP contribution is -2.57. The molecule has 0 amide bonds. The van der Waals surface area contributed by atoms with E-state index in [4.69, 9.17) is 4.74 Å². The molecule has 3 nitrogen and oxygen atoms in total. The van der Waals surface area contributed by atoms with Gasteiger partial charge in [0.1, 0.15) is 0 Å². The summed E-state index contributed by atoms with van der Waals surface area (Å²) in [5.74, 6) is 1.79. The van der Waals surface area contributed by atoms with E-state index in [2.05, 4.69) is 137 Å². The van der Waals surface area contributed by atoms with Crippen LogP contribution in [0, 0.1) is 0 Å². The number of aromatic nitrogens is 1. The van der Waals surface area contributed by atoms with Crippen LogP contribution in [0.4, 0.5) is 17.1 Å². The van der Waals surface area contributed by atoms with Gasteiger partial charge in [-0.05, 0) is 64.0 Å². The van der Waals surface area contributed by atoms with Crippen LogP contribution < -0.4 is 20.6 Å². The first-order valence-electron chi connectivity index (χ1n) is 14.7. The number of hydrogen-bond donors (Lipinski definition) is 0. The highest BCUT2D eigenvalue weighted by molar-refractivity contribution is 7.27. The van der Waals surface area contributed by atoms with Gasteiger partial charge >= 0.3 is 6.85 Å². The van der Waals surface area contributed by atoms with Crippen LogP contribution in [-0.2, 0) is 0 Å². The number of ether oxygens (including phenoxy) is 1. The van der Waals surface area contributed by atoms with Crippen LogP contribution in [0.1, 0.15) is 0 Å². The van der Waals surface area contributed by atoms with Crippen LogP contribution in [0.2, 0.25) is 0 Å². The Morgan fingerprint density at radius 1 is 0.581 bits per heavy atom. The molecule has 2 aromatic heterocycles. The molecule has 8 aromatic rings. The van der Waals surface area contributed by atoms with E-state index >= 15 is 0 Å². The Kier molecular flexibility index (Phi) is 4.04. The fourth-order valence-electron chi connectivity index (χ4n) is 7.88. The molecule has 5 heteroatoms. The number of rotatable bonds is 1. The molecule has 0 atom stereocenters. The van der Waals surface area contributed by atoms with Crippen molar-refractivity contribution >= 4 is 77.4 Å². The molecule has 0 bridgehead atoms. The van der Waals surface area contributed by atoms with Gasteiger partial charge in [0, 0.05) is 32.2 Å². The van der Waals surface area contributed by atoms with Crippen LogP contribution in [0.15, 0.2) is 127 Å². The normalized spacial score (nSPS) is 13.7. The molecule has 0 saturated heterocycles. The maximum atomic E-state index is 6.61. The predicted molar refractivity (Wildman–Crippen MR) is 181 cm³/mol. The lowest BCUT2D eigenvalue weighted by Gasteiger charge is -2.43. The number of anilines is 3. The minimum Gasteiger partial charge on any atom is -0.453 e. The molecule has 0 unspecified atom stereocenters. The first-order chi connectivity index (χ1) is 21.3. The van der Waals surface area contributed by atoms with Crippen molar-refractivity contribution in [1.29, 1.82) is 0 Å². The zero-order valence-electron chi connectivity index (χ0n) is 22.9.